The lowest BCUT2D eigenvalue weighted by molar-refractivity contribution is 0.293. The first-order valence-corrected chi connectivity index (χ1v) is 5.53. The lowest BCUT2D eigenvalue weighted by Crippen LogP contribution is -2.00. The zero-order chi connectivity index (χ0) is 10.9. The molecule has 0 fully saturated rings. The van der Waals surface area contributed by atoms with E-state index in [4.69, 9.17) is 10.5 Å². The molecule has 15 heavy (non-hydrogen) atoms. The lowest BCUT2D eigenvalue weighted by Gasteiger charge is -2.04. The molecule has 0 aromatic carbocycles. The number of nitrogen functional groups attached to an aromatic ring is 1. The number of nitrogens with two attached hydrogens (primary N) is 1. The number of aromatic nitrogens is 2. The van der Waals surface area contributed by atoms with Crippen LogP contribution < -0.4 is 10.5 Å². The van der Waals surface area contributed by atoms with Crippen molar-refractivity contribution in [3.05, 3.63) is 12.4 Å². The van der Waals surface area contributed by atoms with Crippen molar-refractivity contribution in [1.29, 1.82) is 0 Å². The fourth-order valence-electron chi connectivity index (χ4n) is 1.31. The molecular formula is C11H19N3O. The van der Waals surface area contributed by atoms with Crippen LogP contribution in [-0.2, 0) is 0 Å². The van der Waals surface area contributed by atoms with Crippen LogP contribution in [0.15, 0.2) is 12.4 Å². The van der Waals surface area contributed by atoms with Gasteiger partial charge in [-0.3, -0.25) is 0 Å². The fourth-order valence-corrected chi connectivity index (χ4v) is 1.31. The Morgan fingerprint density at radius 3 is 2.73 bits per heavy atom. The monoisotopic (exact) mass is 209 g/mol. The second-order valence-electron chi connectivity index (χ2n) is 3.54. The minimum atomic E-state index is 0.450. The van der Waals surface area contributed by atoms with Crippen molar-refractivity contribution < 1.29 is 4.74 Å². The van der Waals surface area contributed by atoms with E-state index in [1.807, 2.05) is 0 Å². The minimum Gasteiger partial charge on any atom is -0.478 e. The molecule has 0 spiro atoms. The molecule has 0 saturated carbocycles. The summed E-state index contributed by atoms with van der Waals surface area (Å²) in [6, 6.07) is 1.64. The Balaban J connectivity index is 2.10. The first-order valence-electron chi connectivity index (χ1n) is 5.53. The van der Waals surface area contributed by atoms with Crippen LogP contribution in [-0.4, -0.2) is 16.6 Å². The summed E-state index contributed by atoms with van der Waals surface area (Å²) in [5, 5.41) is 0. The third-order valence-corrected chi connectivity index (χ3v) is 2.16. The minimum absolute atomic E-state index is 0.450. The van der Waals surface area contributed by atoms with Crippen LogP contribution in [0.2, 0.25) is 0 Å². The second-order valence-corrected chi connectivity index (χ2v) is 3.54. The Labute approximate surface area is 90.9 Å². The zero-order valence-electron chi connectivity index (χ0n) is 9.28. The molecule has 0 aliphatic heterocycles. The maximum absolute atomic E-state index is 5.50. The van der Waals surface area contributed by atoms with E-state index in [0.29, 0.717) is 18.3 Å². The maximum Gasteiger partial charge on any atom is 0.218 e. The summed E-state index contributed by atoms with van der Waals surface area (Å²) in [5.74, 6) is 1.02. The van der Waals surface area contributed by atoms with Crippen LogP contribution in [0.25, 0.3) is 0 Å². The van der Waals surface area contributed by atoms with Gasteiger partial charge in [-0.05, 0) is 6.42 Å². The molecule has 4 heteroatoms. The van der Waals surface area contributed by atoms with Crippen molar-refractivity contribution in [2.45, 2.75) is 39.0 Å². The van der Waals surface area contributed by atoms with E-state index >= 15 is 0 Å². The van der Waals surface area contributed by atoms with Crippen LogP contribution in [0, 0.1) is 0 Å². The van der Waals surface area contributed by atoms with Gasteiger partial charge >= 0.3 is 0 Å². The zero-order valence-corrected chi connectivity index (χ0v) is 9.28. The number of hydrogen-bond acceptors (Lipinski definition) is 4. The Bertz CT molecular complexity index is 278. The van der Waals surface area contributed by atoms with Gasteiger partial charge < -0.3 is 10.5 Å². The molecule has 0 aliphatic carbocycles. The summed E-state index contributed by atoms with van der Waals surface area (Å²) in [6.07, 6.45) is 7.57. The average molecular weight is 209 g/mol. The summed E-state index contributed by atoms with van der Waals surface area (Å²) in [7, 11) is 0. The van der Waals surface area contributed by atoms with Gasteiger partial charge in [-0.25, -0.2) is 9.97 Å². The molecule has 0 saturated heterocycles. The van der Waals surface area contributed by atoms with Crippen molar-refractivity contribution in [2.24, 2.45) is 0 Å². The van der Waals surface area contributed by atoms with Gasteiger partial charge in [0.25, 0.3) is 0 Å². The highest BCUT2D eigenvalue weighted by Gasteiger charge is 1.96. The Morgan fingerprint density at radius 1 is 1.20 bits per heavy atom. The molecule has 0 bridgehead atoms. The van der Waals surface area contributed by atoms with E-state index < -0.39 is 0 Å². The highest BCUT2D eigenvalue weighted by atomic mass is 16.5. The number of unbranched alkanes of at least 4 members (excludes halogenated alkanes) is 4. The Morgan fingerprint density at radius 2 is 2.00 bits per heavy atom. The van der Waals surface area contributed by atoms with Crippen LogP contribution in [0.4, 0.5) is 5.82 Å². The summed E-state index contributed by atoms with van der Waals surface area (Å²) < 4.78 is 5.44. The smallest absolute Gasteiger partial charge is 0.218 e. The number of hydrogen-bond donors (Lipinski definition) is 1. The molecule has 0 atom stereocenters. The molecule has 2 N–H and O–H groups in total. The van der Waals surface area contributed by atoms with Gasteiger partial charge in [0.2, 0.25) is 5.88 Å². The second kappa shape index (κ2) is 7.04. The van der Waals surface area contributed by atoms with E-state index in [9.17, 15) is 0 Å². The van der Waals surface area contributed by atoms with Gasteiger partial charge in [0.15, 0.2) is 0 Å². The summed E-state index contributed by atoms with van der Waals surface area (Å²) >= 11 is 0. The molecule has 0 unspecified atom stereocenters. The predicted octanol–water partition coefficient (Wildman–Crippen LogP) is 2.41. The van der Waals surface area contributed by atoms with E-state index in [-0.39, 0.29) is 0 Å². The highest BCUT2D eigenvalue weighted by molar-refractivity contribution is 5.30. The van der Waals surface area contributed by atoms with Gasteiger partial charge in [-0.2, -0.15) is 0 Å². The van der Waals surface area contributed by atoms with Gasteiger partial charge in [0, 0.05) is 6.07 Å². The van der Waals surface area contributed by atoms with Gasteiger partial charge in [0.1, 0.15) is 12.1 Å². The standard InChI is InChI=1S/C11H19N3O/c1-2-3-4-5-6-7-15-11-8-10(12)13-9-14-11/h8-9H,2-7H2,1H3,(H2,12,13,14). The van der Waals surface area contributed by atoms with E-state index in [0.717, 1.165) is 6.42 Å². The molecular weight excluding hydrogens is 190 g/mol. The van der Waals surface area contributed by atoms with Crippen LogP contribution in [0.3, 0.4) is 0 Å². The molecule has 1 aromatic rings. The summed E-state index contributed by atoms with van der Waals surface area (Å²) in [5.41, 5.74) is 5.50. The van der Waals surface area contributed by atoms with Gasteiger partial charge in [-0.15, -0.1) is 0 Å². The summed E-state index contributed by atoms with van der Waals surface area (Å²) in [6.45, 7) is 2.92. The van der Waals surface area contributed by atoms with Crippen molar-refractivity contribution in [2.75, 3.05) is 12.3 Å². The van der Waals surface area contributed by atoms with Gasteiger partial charge in [0.05, 0.1) is 6.61 Å². The third kappa shape index (κ3) is 5.20. The molecule has 0 radical (unpaired) electrons. The van der Waals surface area contributed by atoms with Crippen molar-refractivity contribution in [1.82, 2.24) is 9.97 Å². The topological polar surface area (TPSA) is 61.0 Å². The van der Waals surface area contributed by atoms with Crippen molar-refractivity contribution in [3.8, 4) is 5.88 Å². The van der Waals surface area contributed by atoms with Crippen molar-refractivity contribution >= 4 is 5.82 Å². The first kappa shape index (κ1) is 11.8. The number of rotatable bonds is 7. The lowest BCUT2D eigenvalue weighted by atomic mass is 10.2. The Kier molecular flexibility index (Phi) is 5.51. The molecule has 4 nitrogen and oxygen atoms in total. The van der Waals surface area contributed by atoms with Crippen LogP contribution in [0.5, 0.6) is 5.88 Å². The Hall–Kier alpha value is -1.32. The normalized spacial score (nSPS) is 10.2. The third-order valence-electron chi connectivity index (χ3n) is 2.16. The molecule has 0 amide bonds. The molecule has 1 rings (SSSR count). The molecule has 1 heterocycles. The predicted molar refractivity (Wildman–Crippen MR) is 60.7 cm³/mol. The average Bonchev–Trinajstić information content (AvgIpc) is 2.23. The number of anilines is 1. The largest absolute Gasteiger partial charge is 0.478 e. The fraction of sp³-hybridized carbons (Fsp3) is 0.636. The molecule has 84 valence electrons. The van der Waals surface area contributed by atoms with Crippen molar-refractivity contribution in [3.63, 3.8) is 0 Å². The number of ether oxygens (including phenoxy) is 1. The van der Waals surface area contributed by atoms with Crippen LogP contribution >= 0.6 is 0 Å². The van der Waals surface area contributed by atoms with E-state index in [1.54, 1.807) is 6.07 Å². The van der Waals surface area contributed by atoms with E-state index in [2.05, 4.69) is 16.9 Å². The van der Waals surface area contributed by atoms with E-state index in [1.165, 1.54) is 32.0 Å². The number of nitrogens with zero attached hydrogens (tertiary/aromatic N) is 2. The van der Waals surface area contributed by atoms with Gasteiger partial charge in [-0.1, -0.05) is 32.6 Å². The molecule has 0 aliphatic rings. The molecule has 1 aromatic heterocycles. The summed E-state index contributed by atoms with van der Waals surface area (Å²) in [4.78, 5) is 7.76. The SMILES string of the molecule is CCCCCCCOc1cc(N)ncn1. The first-order chi connectivity index (χ1) is 7.33. The maximum atomic E-state index is 5.50. The quantitative estimate of drug-likeness (QED) is 0.700. The highest BCUT2D eigenvalue weighted by Crippen LogP contribution is 2.09. The van der Waals surface area contributed by atoms with Crippen LogP contribution in [0.1, 0.15) is 39.0 Å².